The van der Waals surface area contributed by atoms with Crippen LogP contribution in [0.25, 0.3) is 65.7 Å². The van der Waals surface area contributed by atoms with Gasteiger partial charge in [0.05, 0.1) is 0 Å². The second-order valence-corrected chi connectivity index (χ2v) is 23.8. The molecule has 9 aromatic carbocycles. The van der Waals surface area contributed by atoms with Crippen LogP contribution in [0.2, 0.25) is 0 Å². The van der Waals surface area contributed by atoms with Crippen molar-refractivity contribution < 1.29 is 18.1 Å². The highest BCUT2D eigenvalue weighted by molar-refractivity contribution is 7.49. The topological polar surface area (TPSA) is 44.8 Å². The zero-order valence-electron chi connectivity index (χ0n) is 48.4. The first-order valence-electron chi connectivity index (χ1n) is 31.0. The van der Waals surface area contributed by atoms with Crippen LogP contribution in [-0.2, 0) is 23.8 Å². The number of phosphoric ester groups is 1. The maximum atomic E-state index is 16.8. The summed E-state index contributed by atoms with van der Waals surface area (Å²) in [5.74, 6) is 1.33. The third kappa shape index (κ3) is 15.8. The van der Waals surface area contributed by atoms with Crippen molar-refractivity contribution >= 4 is 40.1 Å². The van der Waals surface area contributed by atoms with Crippen molar-refractivity contribution in [3.8, 4) is 50.6 Å². The third-order valence-electron chi connectivity index (χ3n) is 16.2. The summed E-state index contributed by atoms with van der Waals surface area (Å²) in [6.45, 7) is 6.82. The Morgan fingerprint density at radius 2 is 0.537 bits per heavy atom. The van der Waals surface area contributed by atoms with Crippen LogP contribution in [-0.4, -0.2) is 0 Å². The van der Waals surface area contributed by atoms with Gasteiger partial charge in [-0.05, 0) is 141 Å². The van der Waals surface area contributed by atoms with Gasteiger partial charge in [-0.15, -0.1) is 0 Å². The van der Waals surface area contributed by atoms with E-state index in [2.05, 4.69) is 185 Å². The fourth-order valence-electron chi connectivity index (χ4n) is 11.7. The van der Waals surface area contributed by atoms with Gasteiger partial charge in [-0.1, -0.05) is 282 Å². The zero-order valence-corrected chi connectivity index (χ0v) is 49.3. The zero-order chi connectivity index (χ0) is 55.2. The van der Waals surface area contributed by atoms with Crippen molar-refractivity contribution in [2.75, 3.05) is 0 Å². The first-order chi connectivity index (χ1) is 39.4. The van der Waals surface area contributed by atoms with E-state index >= 15 is 4.57 Å². The number of fused-ring (bicyclic) bond motifs is 3. The van der Waals surface area contributed by atoms with Gasteiger partial charge in [0.15, 0.2) is 0 Å². The number of aryl methyl sites for hydroxylation is 3. The van der Waals surface area contributed by atoms with Gasteiger partial charge < -0.3 is 13.6 Å². The Hall–Kier alpha value is -6.61. The molecule has 0 saturated carbocycles. The third-order valence-corrected chi connectivity index (χ3v) is 17.5. The summed E-state index contributed by atoms with van der Waals surface area (Å²) in [6.07, 6.45) is 28.9. The van der Waals surface area contributed by atoms with Crippen molar-refractivity contribution in [2.45, 2.75) is 175 Å². The molecule has 0 unspecified atom stereocenters. The predicted molar refractivity (Wildman–Crippen MR) is 343 cm³/mol. The van der Waals surface area contributed by atoms with Gasteiger partial charge in [0.2, 0.25) is 0 Å². The molecule has 0 aliphatic rings. The average molecular weight is 1080 g/mol. The summed E-state index contributed by atoms with van der Waals surface area (Å²) >= 11 is 0. The number of phosphoric acid groups is 1. The molecule has 0 spiro atoms. The quantitative estimate of drug-likeness (QED) is 0.0304. The smallest absolute Gasteiger partial charge is 0.385 e. The molecule has 80 heavy (non-hydrogen) atoms. The lowest BCUT2D eigenvalue weighted by Gasteiger charge is -2.25. The van der Waals surface area contributed by atoms with Crippen molar-refractivity contribution in [2.24, 2.45) is 0 Å². The van der Waals surface area contributed by atoms with Crippen LogP contribution < -0.4 is 13.6 Å². The minimum absolute atomic E-state index is 0.442. The minimum atomic E-state index is -4.67. The van der Waals surface area contributed by atoms with Crippen molar-refractivity contribution in [3.63, 3.8) is 0 Å². The molecule has 0 N–H and O–H groups in total. The Morgan fingerprint density at radius 3 is 0.838 bits per heavy atom. The molecule has 0 aliphatic heterocycles. The number of benzene rings is 9. The van der Waals surface area contributed by atoms with E-state index in [0.29, 0.717) is 17.2 Å². The Bertz CT molecular complexity index is 3050. The monoisotopic (exact) mass is 1080 g/mol. The lowest BCUT2D eigenvalue weighted by Crippen LogP contribution is -2.10. The summed E-state index contributed by atoms with van der Waals surface area (Å²) in [4.78, 5) is 0. The van der Waals surface area contributed by atoms with Crippen LogP contribution in [0.4, 0.5) is 0 Å². The van der Waals surface area contributed by atoms with Gasteiger partial charge >= 0.3 is 7.82 Å². The van der Waals surface area contributed by atoms with E-state index < -0.39 is 7.82 Å². The second kappa shape index (κ2) is 30.3. The van der Waals surface area contributed by atoms with E-state index in [0.717, 1.165) is 104 Å². The Morgan fingerprint density at radius 1 is 0.275 bits per heavy atom. The maximum Gasteiger partial charge on any atom is 0.647 e. The Labute approximate surface area is 480 Å². The predicted octanol–water partition coefficient (Wildman–Crippen LogP) is 23.7. The van der Waals surface area contributed by atoms with Crippen LogP contribution in [0.5, 0.6) is 17.2 Å². The van der Waals surface area contributed by atoms with E-state index in [9.17, 15) is 0 Å². The van der Waals surface area contributed by atoms with E-state index in [1.54, 1.807) is 0 Å². The van der Waals surface area contributed by atoms with E-state index in [1.807, 2.05) is 18.2 Å². The van der Waals surface area contributed by atoms with Gasteiger partial charge in [0, 0.05) is 16.7 Å². The average Bonchev–Trinajstić information content (AvgIpc) is 3.51. The van der Waals surface area contributed by atoms with Gasteiger partial charge in [-0.3, -0.25) is 0 Å². The molecule has 0 fully saturated rings. The van der Waals surface area contributed by atoms with Crippen LogP contribution in [0, 0.1) is 0 Å². The van der Waals surface area contributed by atoms with E-state index in [-0.39, 0.29) is 0 Å². The molecule has 0 bridgehead atoms. The largest absolute Gasteiger partial charge is 0.647 e. The Balaban J connectivity index is 1.15. The van der Waals surface area contributed by atoms with Crippen LogP contribution in [0.3, 0.4) is 0 Å². The number of hydrogen-bond acceptors (Lipinski definition) is 4. The first-order valence-corrected chi connectivity index (χ1v) is 32.4. The summed E-state index contributed by atoms with van der Waals surface area (Å²) in [5.41, 5.74) is 9.23. The van der Waals surface area contributed by atoms with Crippen LogP contribution in [0.1, 0.15) is 172 Å². The molecule has 0 aliphatic carbocycles. The molecule has 9 aromatic rings. The first kappa shape index (κ1) is 58.1. The second-order valence-electron chi connectivity index (χ2n) is 22.4. The summed E-state index contributed by atoms with van der Waals surface area (Å²) < 4.78 is 38.3. The SMILES string of the molecule is CCCCCCCCCc1ccc(OP(=O)(Oc2ccc(CCCCCCCCC)cc2-c2cccc3ccccc23)Oc2ccc(CCCCCCCCC)cc2-c2cccc3ccccc23)c(-c2cccc3ccccc23)c1. The van der Waals surface area contributed by atoms with Crippen LogP contribution in [0.15, 0.2) is 182 Å². The maximum absolute atomic E-state index is 16.8. The number of hydrogen-bond donors (Lipinski definition) is 0. The van der Waals surface area contributed by atoms with Gasteiger partial charge in [-0.2, -0.15) is 4.57 Å². The number of unbranched alkanes of at least 4 members (excludes halogenated alkanes) is 18. The summed E-state index contributed by atoms with van der Waals surface area (Å²) in [5, 5.41) is 6.64. The highest BCUT2D eigenvalue weighted by Crippen LogP contribution is 2.56. The fraction of sp³-hybridized carbons (Fsp3) is 0.360. The normalized spacial score (nSPS) is 11.7. The molecule has 0 amide bonds. The molecule has 5 heteroatoms. The highest BCUT2D eigenvalue weighted by Gasteiger charge is 2.37. The Kier molecular flexibility index (Phi) is 22.0. The van der Waals surface area contributed by atoms with E-state index in [4.69, 9.17) is 13.6 Å². The molecular weight excluding hydrogens is 996 g/mol. The lowest BCUT2D eigenvalue weighted by molar-refractivity contribution is 0.299. The molecule has 0 heterocycles. The fourth-order valence-corrected chi connectivity index (χ4v) is 13.0. The van der Waals surface area contributed by atoms with Gasteiger partial charge in [0.1, 0.15) is 17.2 Å². The van der Waals surface area contributed by atoms with Crippen LogP contribution >= 0.6 is 7.82 Å². The molecule has 0 saturated heterocycles. The minimum Gasteiger partial charge on any atom is -0.385 e. The van der Waals surface area contributed by atoms with Crippen molar-refractivity contribution in [3.05, 3.63) is 199 Å². The highest BCUT2D eigenvalue weighted by atomic mass is 31.2. The number of rotatable bonds is 33. The molecule has 9 rings (SSSR count). The molecule has 416 valence electrons. The summed E-state index contributed by atoms with van der Waals surface area (Å²) in [6, 6.07) is 63.8. The molecule has 0 aromatic heterocycles. The van der Waals surface area contributed by atoms with Gasteiger partial charge in [0.25, 0.3) is 0 Å². The molecular formula is C75H87O4P. The van der Waals surface area contributed by atoms with Crippen molar-refractivity contribution in [1.29, 1.82) is 0 Å². The molecule has 0 radical (unpaired) electrons. The van der Waals surface area contributed by atoms with Gasteiger partial charge in [-0.25, -0.2) is 0 Å². The molecule has 0 atom stereocenters. The standard InChI is InChI=1S/C75H87O4P/c1-4-7-10-13-16-19-22-34-58-49-52-73(70(55-58)67-46-31-40-61-37-25-28-43-64(61)67)77-80(76,78-74-53-50-59(35-23-20-17-14-11-8-5-2)56-71(74)68-47-32-41-62-38-26-29-44-65(62)68)79-75-54-51-60(36-24-21-18-15-12-9-6-3)57-72(75)69-48-33-42-63-39-27-30-45-66(63)69/h25-33,37-57H,4-24,34-36H2,1-3H3. The van der Waals surface area contributed by atoms with Crippen molar-refractivity contribution in [1.82, 2.24) is 0 Å². The summed E-state index contributed by atoms with van der Waals surface area (Å²) in [7, 11) is -4.67. The van der Waals surface area contributed by atoms with E-state index in [1.165, 1.54) is 132 Å². The lowest BCUT2D eigenvalue weighted by atomic mass is 9.95. The molecule has 4 nitrogen and oxygen atoms in total.